The number of oxime groups is 1. The summed E-state index contributed by atoms with van der Waals surface area (Å²) in [5.74, 6) is 0.724. The first-order chi connectivity index (χ1) is 5.90. The van der Waals surface area contributed by atoms with E-state index >= 15 is 0 Å². The molecule has 0 aliphatic carbocycles. The summed E-state index contributed by atoms with van der Waals surface area (Å²) in [5.41, 5.74) is 1.27. The molecular formula is C9H17ClN2O. The van der Waals surface area contributed by atoms with E-state index in [0.717, 1.165) is 12.5 Å². The van der Waals surface area contributed by atoms with Crippen LogP contribution in [0.1, 0.15) is 19.8 Å². The van der Waals surface area contributed by atoms with Gasteiger partial charge in [0.15, 0.2) is 0 Å². The molecule has 0 saturated carbocycles. The zero-order chi connectivity index (χ0) is 8.39. The minimum atomic E-state index is 0. The number of rotatable bonds is 2. The normalized spacial score (nSPS) is 34.4. The highest BCUT2D eigenvalue weighted by Crippen LogP contribution is 2.25. The van der Waals surface area contributed by atoms with Gasteiger partial charge in [-0.2, -0.15) is 0 Å². The average Bonchev–Trinajstić information content (AvgIpc) is 2.17. The predicted octanol–water partition coefficient (Wildman–Crippen LogP) is 1.53. The topological polar surface area (TPSA) is 24.8 Å². The van der Waals surface area contributed by atoms with E-state index in [2.05, 4.69) is 10.1 Å². The summed E-state index contributed by atoms with van der Waals surface area (Å²) in [6.45, 7) is 6.23. The fourth-order valence-corrected chi connectivity index (χ4v) is 2.03. The van der Waals surface area contributed by atoms with Crippen LogP contribution < -0.4 is 0 Å². The Morgan fingerprint density at radius 1 is 1.46 bits per heavy atom. The standard InChI is InChI=1S/C9H16N2O.ClH/c1-2-12-10-9-7-11-5-3-8(9)4-6-11;/h8H,2-7H2,1H3;1H. The van der Waals surface area contributed by atoms with Crippen LogP contribution >= 0.6 is 12.4 Å². The number of fused-ring (bicyclic) bond motifs is 3. The summed E-state index contributed by atoms with van der Waals surface area (Å²) in [6, 6.07) is 0. The monoisotopic (exact) mass is 204 g/mol. The Kier molecular flexibility index (Phi) is 4.00. The molecule has 0 N–H and O–H groups in total. The van der Waals surface area contributed by atoms with Gasteiger partial charge in [0.1, 0.15) is 6.61 Å². The van der Waals surface area contributed by atoms with E-state index in [-0.39, 0.29) is 12.4 Å². The van der Waals surface area contributed by atoms with Crippen LogP contribution in [-0.4, -0.2) is 36.9 Å². The minimum absolute atomic E-state index is 0. The van der Waals surface area contributed by atoms with Crippen molar-refractivity contribution in [3.8, 4) is 0 Å². The second kappa shape index (κ2) is 4.82. The second-order valence-corrected chi connectivity index (χ2v) is 3.55. The average molecular weight is 205 g/mol. The molecule has 0 spiro atoms. The van der Waals surface area contributed by atoms with Crippen LogP contribution in [0.4, 0.5) is 0 Å². The van der Waals surface area contributed by atoms with Gasteiger partial charge in [-0.25, -0.2) is 0 Å². The Morgan fingerprint density at radius 2 is 2.15 bits per heavy atom. The second-order valence-electron chi connectivity index (χ2n) is 3.55. The van der Waals surface area contributed by atoms with Crippen molar-refractivity contribution in [2.75, 3.05) is 26.2 Å². The number of nitrogens with zero attached hydrogens (tertiary/aromatic N) is 2. The maximum Gasteiger partial charge on any atom is 0.114 e. The lowest BCUT2D eigenvalue weighted by Gasteiger charge is -2.39. The van der Waals surface area contributed by atoms with Gasteiger partial charge in [-0.3, -0.25) is 4.90 Å². The molecule has 3 rings (SSSR count). The van der Waals surface area contributed by atoms with Crippen LogP contribution in [0, 0.1) is 5.92 Å². The molecule has 4 heteroatoms. The van der Waals surface area contributed by atoms with E-state index in [1.165, 1.54) is 31.6 Å². The van der Waals surface area contributed by atoms with Crippen molar-refractivity contribution >= 4 is 18.1 Å². The van der Waals surface area contributed by atoms with Gasteiger partial charge in [0.2, 0.25) is 0 Å². The molecule has 2 bridgehead atoms. The van der Waals surface area contributed by atoms with Gasteiger partial charge >= 0.3 is 0 Å². The first kappa shape index (κ1) is 10.8. The Balaban J connectivity index is 0.000000845. The molecular weight excluding hydrogens is 188 g/mol. The molecule has 0 radical (unpaired) electrons. The van der Waals surface area contributed by atoms with E-state index in [1.807, 2.05) is 6.92 Å². The van der Waals surface area contributed by atoms with E-state index in [1.54, 1.807) is 0 Å². The lowest BCUT2D eigenvalue weighted by Crippen LogP contribution is -2.47. The van der Waals surface area contributed by atoms with Crippen LogP contribution in [0.15, 0.2) is 5.16 Å². The minimum Gasteiger partial charge on any atom is -0.396 e. The molecule has 3 aliphatic rings. The number of hydrogen-bond donors (Lipinski definition) is 0. The van der Waals surface area contributed by atoms with Crippen LogP contribution in [0.25, 0.3) is 0 Å². The third kappa shape index (κ3) is 2.35. The summed E-state index contributed by atoms with van der Waals surface area (Å²) in [6.07, 6.45) is 2.57. The van der Waals surface area contributed by atoms with Crippen molar-refractivity contribution in [3.05, 3.63) is 0 Å². The third-order valence-electron chi connectivity index (χ3n) is 2.76. The summed E-state index contributed by atoms with van der Waals surface area (Å²) in [4.78, 5) is 7.54. The lowest BCUT2D eigenvalue weighted by molar-refractivity contribution is 0.141. The van der Waals surface area contributed by atoms with Gasteiger partial charge in [-0.1, -0.05) is 5.16 Å². The molecule has 3 aliphatic heterocycles. The highest BCUT2D eigenvalue weighted by molar-refractivity contribution is 5.89. The molecule has 3 nitrogen and oxygen atoms in total. The molecule has 13 heavy (non-hydrogen) atoms. The molecule has 3 fully saturated rings. The molecule has 0 aromatic carbocycles. The highest BCUT2D eigenvalue weighted by Gasteiger charge is 2.31. The maximum absolute atomic E-state index is 5.09. The summed E-state index contributed by atoms with van der Waals surface area (Å²) >= 11 is 0. The zero-order valence-corrected chi connectivity index (χ0v) is 8.85. The van der Waals surface area contributed by atoms with Crippen molar-refractivity contribution < 1.29 is 4.84 Å². The van der Waals surface area contributed by atoms with Crippen LogP contribution in [-0.2, 0) is 4.84 Å². The van der Waals surface area contributed by atoms with Crippen LogP contribution in [0.2, 0.25) is 0 Å². The number of piperidine rings is 3. The van der Waals surface area contributed by atoms with Gasteiger partial charge in [-0.15, -0.1) is 12.4 Å². The van der Waals surface area contributed by atoms with Crippen molar-refractivity contribution in [2.24, 2.45) is 11.1 Å². The van der Waals surface area contributed by atoms with E-state index < -0.39 is 0 Å². The fourth-order valence-electron chi connectivity index (χ4n) is 2.03. The number of hydrogen-bond acceptors (Lipinski definition) is 3. The molecule has 0 aromatic heterocycles. The Morgan fingerprint density at radius 3 is 2.62 bits per heavy atom. The summed E-state index contributed by atoms with van der Waals surface area (Å²) in [5, 5.41) is 4.16. The molecule has 0 unspecified atom stereocenters. The molecule has 0 atom stereocenters. The molecule has 3 saturated heterocycles. The summed E-state index contributed by atoms with van der Waals surface area (Å²) in [7, 11) is 0. The van der Waals surface area contributed by atoms with Gasteiger partial charge < -0.3 is 4.84 Å². The lowest BCUT2D eigenvalue weighted by atomic mass is 9.87. The van der Waals surface area contributed by atoms with Crippen molar-refractivity contribution in [1.29, 1.82) is 0 Å². The predicted molar refractivity (Wildman–Crippen MR) is 55.5 cm³/mol. The molecule has 0 aromatic rings. The van der Waals surface area contributed by atoms with Crippen molar-refractivity contribution in [1.82, 2.24) is 4.90 Å². The first-order valence-corrected chi connectivity index (χ1v) is 4.81. The summed E-state index contributed by atoms with van der Waals surface area (Å²) < 4.78 is 0. The van der Waals surface area contributed by atoms with Crippen molar-refractivity contribution in [2.45, 2.75) is 19.8 Å². The zero-order valence-electron chi connectivity index (χ0n) is 8.03. The van der Waals surface area contributed by atoms with Crippen LogP contribution in [0.3, 0.4) is 0 Å². The Labute approximate surface area is 85.5 Å². The largest absolute Gasteiger partial charge is 0.396 e. The first-order valence-electron chi connectivity index (χ1n) is 4.81. The molecule has 3 heterocycles. The fraction of sp³-hybridized carbons (Fsp3) is 0.889. The number of halogens is 1. The van der Waals surface area contributed by atoms with Gasteiger partial charge in [-0.05, 0) is 32.9 Å². The van der Waals surface area contributed by atoms with Gasteiger partial charge in [0.05, 0.1) is 5.71 Å². The van der Waals surface area contributed by atoms with Crippen LogP contribution in [0.5, 0.6) is 0 Å². The quantitative estimate of drug-likeness (QED) is 0.638. The SMILES string of the molecule is CCON=C1CN2CCC1CC2.Cl. The van der Waals surface area contributed by atoms with Crippen molar-refractivity contribution in [3.63, 3.8) is 0 Å². The smallest absolute Gasteiger partial charge is 0.114 e. The Hall–Kier alpha value is -0.280. The van der Waals surface area contributed by atoms with E-state index in [0.29, 0.717) is 6.61 Å². The third-order valence-corrected chi connectivity index (χ3v) is 2.76. The van der Waals surface area contributed by atoms with E-state index in [4.69, 9.17) is 4.84 Å². The van der Waals surface area contributed by atoms with E-state index in [9.17, 15) is 0 Å². The maximum atomic E-state index is 5.09. The van der Waals surface area contributed by atoms with Gasteiger partial charge in [0, 0.05) is 12.5 Å². The molecule has 76 valence electrons. The molecule has 0 amide bonds. The Bertz CT molecular complexity index is 188. The highest BCUT2D eigenvalue weighted by atomic mass is 35.5. The van der Waals surface area contributed by atoms with Gasteiger partial charge in [0.25, 0.3) is 0 Å².